The third kappa shape index (κ3) is 3.11. The van der Waals surface area contributed by atoms with Crippen LogP contribution in [0, 0.1) is 5.92 Å². The van der Waals surface area contributed by atoms with Gasteiger partial charge in [0.25, 0.3) is 0 Å². The number of hydrogen-bond acceptors (Lipinski definition) is 3. The Balaban J connectivity index is 1.78. The Hall–Kier alpha value is 0.270. The molecule has 3 heteroatoms. The van der Waals surface area contributed by atoms with E-state index in [0.717, 1.165) is 24.8 Å². The first kappa shape index (κ1) is 11.7. The van der Waals surface area contributed by atoms with Crippen LogP contribution in [0.5, 0.6) is 0 Å². The summed E-state index contributed by atoms with van der Waals surface area (Å²) in [7, 11) is 0. The molecule has 2 heterocycles. The van der Waals surface area contributed by atoms with Crippen molar-refractivity contribution in [2.75, 3.05) is 25.4 Å². The standard InChI is InChI=1S/C12H23NOS/c1-2-3-10(9-15)6-13-7-11-4-5-12(8-13)14-11/h10-12,15H,2-9H2,1H3. The van der Waals surface area contributed by atoms with E-state index < -0.39 is 0 Å². The van der Waals surface area contributed by atoms with E-state index in [0.29, 0.717) is 12.2 Å². The van der Waals surface area contributed by atoms with E-state index in [-0.39, 0.29) is 0 Å². The highest BCUT2D eigenvalue weighted by atomic mass is 32.1. The highest BCUT2D eigenvalue weighted by Gasteiger charge is 2.33. The molecule has 15 heavy (non-hydrogen) atoms. The predicted molar refractivity (Wildman–Crippen MR) is 66.6 cm³/mol. The molecule has 2 fully saturated rings. The van der Waals surface area contributed by atoms with Crippen molar-refractivity contribution in [1.82, 2.24) is 4.90 Å². The molecule has 88 valence electrons. The SMILES string of the molecule is CCCC(CS)CN1CC2CCC(C1)O2. The molecule has 0 aromatic rings. The van der Waals surface area contributed by atoms with Gasteiger partial charge in [-0.1, -0.05) is 13.3 Å². The molecule has 0 spiro atoms. The zero-order valence-electron chi connectivity index (χ0n) is 9.69. The highest BCUT2D eigenvalue weighted by Crippen LogP contribution is 2.27. The molecule has 2 nitrogen and oxygen atoms in total. The van der Waals surface area contributed by atoms with Crippen LogP contribution in [-0.2, 0) is 4.74 Å². The monoisotopic (exact) mass is 229 g/mol. The molecule has 2 rings (SSSR count). The third-order valence-electron chi connectivity index (χ3n) is 3.59. The van der Waals surface area contributed by atoms with Crippen LogP contribution in [0.3, 0.4) is 0 Å². The van der Waals surface area contributed by atoms with Gasteiger partial charge in [0.05, 0.1) is 12.2 Å². The van der Waals surface area contributed by atoms with Crippen molar-refractivity contribution >= 4 is 12.6 Å². The van der Waals surface area contributed by atoms with Crippen LogP contribution >= 0.6 is 12.6 Å². The summed E-state index contributed by atoms with van der Waals surface area (Å²) in [5.41, 5.74) is 0. The number of morpholine rings is 1. The molecule has 0 aliphatic carbocycles. The summed E-state index contributed by atoms with van der Waals surface area (Å²) in [5.74, 6) is 1.80. The van der Waals surface area contributed by atoms with Gasteiger partial charge in [-0.25, -0.2) is 0 Å². The van der Waals surface area contributed by atoms with E-state index in [1.54, 1.807) is 0 Å². The van der Waals surface area contributed by atoms with Crippen LogP contribution in [-0.4, -0.2) is 42.5 Å². The second-order valence-electron chi connectivity index (χ2n) is 5.01. The van der Waals surface area contributed by atoms with E-state index in [9.17, 15) is 0 Å². The maximum atomic E-state index is 5.84. The fourth-order valence-corrected chi connectivity index (χ4v) is 3.16. The number of nitrogens with zero attached hydrogens (tertiary/aromatic N) is 1. The van der Waals surface area contributed by atoms with Crippen molar-refractivity contribution < 1.29 is 4.74 Å². The molecule has 3 atom stereocenters. The van der Waals surface area contributed by atoms with E-state index in [4.69, 9.17) is 4.74 Å². The van der Waals surface area contributed by atoms with Crippen LogP contribution in [0.25, 0.3) is 0 Å². The predicted octanol–water partition coefficient (Wildman–Crippen LogP) is 2.20. The average molecular weight is 229 g/mol. The van der Waals surface area contributed by atoms with Gasteiger partial charge in [-0.05, 0) is 30.9 Å². The minimum atomic E-state index is 0.533. The van der Waals surface area contributed by atoms with Crippen molar-refractivity contribution in [2.45, 2.75) is 44.8 Å². The number of thiol groups is 1. The largest absolute Gasteiger partial charge is 0.372 e. The van der Waals surface area contributed by atoms with Gasteiger partial charge in [0, 0.05) is 19.6 Å². The number of likely N-dealkylation sites (tertiary alicyclic amines) is 1. The summed E-state index contributed by atoms with van der Waals surface area (Å²) in [4.78, 5) is 2.60. The van der Waals surface area contributed by atoms with Crippen molar-refractivity contribution in [2.24, 2.45) is 5.92 Å². The molecular weight excluding hydrogens is 206 g/mol. The van der Waals surface area contributed by atoms with Gasteiger partial charge in [0.1, 0.15) is 0 Å². The van der Waals surface area contributed by atoms with Crippen molar-refractivity contribution in [3.05, 3.63) is 0 Å². The lowest BCUT2D eigenvalue weighted by molar-refractivity contribution is -0.0419. The van der Waals surface area contributed by atoms with Crippen molar-refractivity contribution in [1.29, 1.82) is 0 Å². The van der Waals surface area contributed by atoms with Crippen LogP contribution in [0.2, 0.25) is 0 Å². The number of hydrogen-bond donors (Lipinski definition) is 1. The Kier molecular flexibility index (Phi) is 4.35. The van der Waals surface area contributed by atoms with Gasteiger partial charge in [0.15, 0.2) is 0 Å². The second kappa shape index (κ2) is 5.55. The molecular formula is C12H23NOS. The van der Waals surface area contributed by atoms with Gasteiger partial charge < -0.3 is 4.74 Å². The average Bonchev–Trinajstić information content (AvgIpc) is 2.57. The van der Waals surface area contributed by atoms with Gasteiger partial charge in [0.2, 0.25) is 0 Å². The highest BCUT2D eigenvalue weighted by molar-refractivity contribution is 7.80. The van der Waals surface area contributed by atoms with Gasteiger partial charge in [-0.3, -0.25) is 4.90 Å². The van der Waals surface area contributed by atoms with E-state index in [1.807, 2.05) is 0 Å². The Labute approximate surface area is 98.8 Å². The molecule has 0 aromatic heterocycles. The van der Waals surface area contributed by atoms with Crippen LogP contribution < -0.4 is 0 Å². The van der Waals surface area contributed by atoms with Crippen molar-refractivity contribution in [3.63, 3.8) is 0 Å². The summed E-state index contributed by atoms with van der Waals surface area (Å²) < 4.78 is 5.84. The summed E-state index contributed by atoms with van der Waals surface area (Å²) in [6, 6.07) is 0. The molecule has 3 unspecified atom stereocenters. The minimum Gasteiger partial charge on any atom is -0.372 e. The molecule has 0 radical (unpaired) electrons. The fraction of sp³-hybridized carbons (Fsp3) is 1.00. The van der Waals surface area contributed by atoms with Gasteiger partial charge in [-0.15, -0.1) is 0 Å². The maximum absolute atomic E-state index is 5.84. The van der Waals surface area contributed by atoms with Gasteiger partial charge >= 0.3 is 0 Å². The fourth-order valence-electron chi connectivity index (χ4n) is 2.86. The molecule has 0 amide bonds. The lowest BCUT2D eigenvalue weighted by atomic mass is 10.0. The quantitative estimate of drug-likeness (QED) is 0.726. The first-order valence-electron chi connectivity index (χ1n) is 6.30. The summed E-state index contributed by atoms with van der Waals surface area (Å²) in [6.45, 7) is 5.81. The Morgan fingerprint density at radius 2 is 2.00 bits per heavy atom. The lowest BCUT2D eigenvalue weighted by Crippen LogP contribution is -2.44. The summed E-state index contributed by atoms with van der Waals surface area (Å²) in [6.07, 6.45) is 6.22. The third-order valence-corrected chi connectivity index (χ3v) is 4.11. The number of ether oxygens (including phenoxy) is 1. The zero-order chi connectivity index (χ0) is 10.7. The summed E-state index contributed by atoms with van der Waals surface area (Å²) in [5, 5.41) is 0. The molecule has 2 aliphatic rings. The Morgan fingerprint density at radius 3 is 2.53 bits per heavy atom. The van der Waals surface area contributed by atoms with E-state index >= 15 is 0 Å². The molecule has 0 N–H and O–H groups in total. The second-order valence-corrected chi connectivity index (χ2v) is 5.38. The molecule has 0 saturated carbocycles. The number of fused-ring (bicyclic) bond motifs is 2. The van der Waals surface area contributed by atoms with Gasteiger partial charge in [-0.2, -0.15) is 12.6 Å². The van der Waals surface area contributed by atoms with Crippen LogP contribution in [0.1, 0.15) is 32.6 Å². The lowest BCUT2D eigenvalue weighted by Gasteiger charge is -2.34. The van der Waals surface area contributed by atoms with Crippen molar-refractivity contribution in [3.8, 4) is 0 Å². The topological polar surface area (TPSA) is 12.5 Å². The van der Waals surface area contributed by atoms with E-state index in [1.165, 1.54) is 32.2 Å². The van der Waals surface area contributed by atoms with Crippen LogP contribution in [0.15, 0.2) is 0 Å². The minimum absolute atomic E-state index is 0.533. The van der Waals surface area contributed by atoms with E-state index in [2.05, 4.69) is 24.5 Å². The molecule has 0 aromatic carbocycles. The molecule has 2 bridgehead atoms. The summed E-state index contributed by atoms with van der Waals surface area (Å²) >= 11 is 4.45. The smallest absolute Gasteiger partial charge is 0.0707 e. The molecule has 2 aliphatic heterocycles. The Bertz CT molecular complexity index is 188. The zero-order valence-corrected chi connectivity index (χ0v) is 10.6. The normalized spacial score (nSPS) is 33.2. The Morgan fingerprint density at radius 1 is 1.33 bits per heavy atom. The number of rotatable bonds is 5. The first-order valence-corrected chi connectivity index (χ1v) is 6.93. The molecule has 2 saturated heterocycles. The maximum Gasteiger partial charge on any atom is 0.0707 e. The van der Waals surface area contributed by atoms with Crippen LogP contribution in [0.4, 0.5) is 0 Å². The first-order chi connectivity index (χ1) is 7.31.